The molecule has 0 aliphatic carbocycles. The minimum atomic E-state index is 0.909. The van der Waals surface area contributed by atoms with Crippen LogP contribution in [0, 0.1) is 19.1 Å². The molecule has 0 atom stereocenters. The Morgan fingerprint density at radius 2 is 2.33 bits per heavy atom. The van der Waals surface area contributed by atoms with Gasteiger partial charge in [-0.05, 0) is 19.4 Å². The van der Waals surface area contributed by atoms with Gasteiger partial charge in [-0.3, -0.25) is 4.98 Å². The molecule has 1 rings (SSSR count). The molecule has 0 unspecified atom stereocenters. The molecule has 1 heterocycles. The predicted octanol–water partition coefficient (Wildman–Crippen LogP) is 1.55. The summed E-state index contributed by atoms with van der Waals surface area (Å²) in [4.78, 5) is 4.06. The van der Waals surface area contributed by atoms with E-state index in [2.05, 4.69) is 24.0 Å². The van der Waals surface area contributed by atoms with Gasteiger partial charge >= 0.3 is 0 Å². The molecule has 0 saturated carbocycles. The molecular formula is C8H9N. The molecule has 0 bridgehead atoms. The van der Waals surface area contributed by atoms with Crippen LogP contribution in [0.5, 0.6) is 0 Å². The second-order valence-electron chi connectivity index (χ2n) is 1.97. The monoisotopic (exact) mass is 119 g/mol. The lowest BCUT2D eigenvalue weighted by molar-refractivity contribution is 1.09. The molecule has 9 heavy (non-hydrogen) atoms. The van der Waals surface area contributed by atoms with Gasteiger partial charge in [0.25, 0.3) is 0 Å². The Bertz CT molecular complexity index is 176. The summed E-state index contributed by atoms with van der Waals surface area (Å²) >= 11 is 0. The average molecular weight is 119 g/mol. The van der Waals surface area contributed by atoms with Gasteiger partial charge in [0.2, 0.25) is 0 Å². The van der Waals surface area contributed by atoms with Crippen molar-refractivity contribution < 1.29 is 0 Å². The molecule has 46 valence electrons. The number of aromatic nitrogens is 1. The zero-order chi connectivity index (χ0) is 6.69. The summed E-state index contributed by atoms with van der Waals surface area (Å²) < 4.78 is 0. The van der Waals surface area contributed by atoms with Crippen molar-refractivity contribution in [3.63, 3.8) is 0 Å². The van der Waals surface area contributed by atoms with Crippen molar-refractivity contribution in [2.24, 2.45) is 0 Å². The number of aryl methyl sites for hydroxylation is 2. The van der Waals surface area contributed by atoms with Crippen LogP contribution in [0.1, 0.15) is 18.2 Å². The van der Waals surface area contributed by atoms with Crippen molar-refractivity contribution in [1.29, 1.82) is 0 Å². The van der Waals surface area contributed by atoms with Crippen LogP contribution < -0.4 is 0 Å². The van der Waals surface area contributed by atoms with Crippen LogP contribution >= 0.6 is 0 Å². The third-order valence-electron chi connectivity index (χ3n) is 1.20. The molecule has 0 N–H and O–H groups in total. The van der Waals surface area contributed by atoms with E-state index in [1.807, 2.05) is 13.1 Å². The first-order chi connectivity index (χ1) is 4.33. The third-order valence-corrected chi connectivity index (χ3v) is 1.20. The lowest BCUT2D eigenvalue weighted by Crippen LogP contribution is -1.80. The smallest absolute Gasteiger partial charge is 0.0872 e. The highest BCUT2D eigenvalue weighted by Crippen LogP contribution is 1.91. The Morgan fingerprint density at radius 3 is 2.78 bits per heavy atom. The SMILES string of the molecule is CCc1c#cc(C)nc1. The largest absolute Gasteiger partial charge is 0.252 e. The van der Waals surface area contributed by atoms with Gasteiger partial charge in [-0.1, -0.05) is 13.0 Å². The van der Waals surface area contributed by atoms with Crippen molar-refractivity contribution in [3.8, 4) is 0 Å². The first-order valence-electron chi connectivity index (χ1n) is 3.08. The van der Waals surface area contributed by atoms with E-state index >= 15 is 0 Å². The summed E-state index contributed by atoms with van der Waals surface area (Å²) in [5, 5.41) is 0. The number of nitrogens with zero attached hydrogens (tertiary/aromatic N) is 1. The second-order valence-corrected chi connectivity index (χ2v) is 1.97. The Balaban J connectivity index is 2.88. The van der Waals surface area contributed by atoms with Gasteiger partial charge in [0.1, 0.15) is 0 Å². The lowest BCUT2D eigenvalue weighted by Gasteiger charge is -1.87. The molecule has 0 amide bonds. The molecule has 0 spiro atoms. The van der Waals surface area contributed by atoms with E-state index < -0.39 is 0 Å². The average Bonchev–Trinajstić information content (AvgIpc) is 1.90. The van der Waals surface area contributed by atoms with Gasteiger partial charge in [-0.2, -0.15) is 0 Å². The molecule has 0 saturated heterocycles. The zero-order valence-corrected chi connectivity index (χ0v) is 5.73. The molecule has 1 nitrogen and oxygen atoms in total. The molecule has 0 aliphatic heterocycles. The molecular weight excluding hydrogens is 110 g/mol. The lowest BCUT2D eigenvalue weighted by atomic mass is 10.2. The van der Waals surface area contributed by atoms with E-state index in [9.17, 15) is 0 Å². The Labute approximate surface area is 55.7 Å². The standard InChI is InChI=1S/C8H9N/c1-3-8-5-4-7(2)9-6-8/h6H,3H2,1-2H3. The van der Waals surface area contributed by atoms with Crippen molar-refractivity contribution in [1.82, 2.24) is 4.98 Å². The van der Waals surface area contributed by atoms with Crippen molar-refractivity contribution >= 4 is 0 Å². The molecule has 0 radical (unpaired) electrons. The van der Waals surface area contributed by atoms with E-state index in [0.29, 0.717) is 0 Å². The van der Waals surface area contributed by atoms with E-state index in [4.69, 9.17) is 0 Å². The highest BCUT2D eigenvalue weighted by Gasteiger charge is 1.84. The normalized spacial score (nSPS) is 8.67. The maximum absolute atomic E-state index is 4.06. The van der Waals surface area contributed by atoms with Crippen LogP contribution in [0.4, 0.5) is 0 Å². The molecule has 1 heteroatoms. The van der Waals surface area contributed by atoms with Crippen LogP contribution in [0.15, 0.2) is 6.20 Å². The zero-order valence-electron chi connectivity index (χ0n) is 5.73. The second kappa shape index (κ2) is 2.50. The highest BCUT2D eigenvalue weighted by atomic mass is 14.6. The summed E-state index contributed by atoms with van der Waals surface area (Å²) in [5.41, 5.74) is 2.04. The predicted molar refractivity (Wildman–Crippen MR) is 36.0 cm³/mol. The van der Waals surface area contributed by atoms with Crippen LogP contribution in [-0.2, 0) is 6.42 Å². The topological polar surface area (TPSA) is 12.9 Å². The van der Waals surface area contributed by atoms with Crippen molar-refractivity contribution in [2.75, 3.05) is 0 Å². The molecule has 0 aliphatic rings. The first-order valence-corrected chi connectivity index (χ1v) is 3.08. The van der Waals surface area contributed by atoms with Crippen molar-refractivity contribution in [2.45, 2.75) is 20.3 Å². The summed E-state index contributed by atoms with van der Waals surface area (Å²) in [6.07, 6.45) is 2.83. The molecule has 1 aromatic heterocycles. The van der Waals surface area contributed by atoms with Gasteiger partial charge in [-0.25, -0.2) is 0 Å². The van der Waals surface area contributed by atoms with E-state index in [1.165, 1.54) is 0 Å². The minimum Gasteiger partial charge on any atom is -0.252 e. The summed E-state index contributed by atoms with van der Waals surface area (Å²) in [6.45, 7) is 3.99. The van der Waals surface area contributed by atoms with Crippen LogP contribution in [0.25, 0.3) is 0 Å². The van der Waals surface area contributed by atoms with Crippen LogP contribution in [-0.4, -0.2) is 4.98 Å². The van der Waals surface area contributed by atoms with E-state index in [1.54, 1.807) is 0 Å². The number of rotatable bonds is 1. The highest BCUT2D eigenvalue weighted by molar-refractivity contribution is 5.03. The molecule has 1 aromatic rings. The summed E-state index contributed by atoms with van der Waals surface area (Å²) in [6, 6.07) is 5.91. The fraction of sp³-hybridized carbons (Fsp3) is 0.375. The molecule has 0 fully saturated rings. The van der Waals surface area contributed by atoms with Crippen LogP contribution in [0.3, 0.4) is 0 Å². The Kier molecular flexibility index (Phi) is 1.69. The van der Waals surface area contributed by atoms with Crippen LogP contribution in [0.2, 0.25) is 0 Å². The van der Waals surface area contributed by atoms with E-state index in [-0.39, 0.29) is 0 Å². The third kappa shape index (κ3) is 1.43. The fourth-order valence-electron chi connectivity index (χ4n) is 0.590. The summed E-state index contributed by atoms with van der Waals surface area (Å²) in [7, 11) is 0. The fourth-order valence-corrected chi connectivity index (χ4v) is 0.590. The van der Waals surface area contributed by atoms with E-state index in [0.717, 1.165) is 17.7 Å². The van der Waals surface area contributed by atoms with Gasteiger partial charge in [0.15, 0.2) is 0 Å². The van der Waals surface area contributed by atoms with Gasteiger partial charge in [0.05, 0.1) is 5.69 Å². The number of hydrogen-bond donors (Lipinski definition) is 0. The first kappa shape index (κ1) is 6.10. The minimum absolute atomic E-state index is 0.909. The summed E-state index contributed by atoms with van der Waals surface area (Å²) in [5.74, 6) is 0. The Hall–Kier alpha value is -1.03. The van der Waals surface area contributed by atoms with Gasteiger partial charge < -0.3 is 0 Å². The number of hydrogen-bond acceptors (Lipinski definition) is 1. The van der Waals surface area contributed by atoms with Gasteiger partial charge in [-0.15, -0.1) is 0 Å². The quantitative estimate of drug-likeness (QED) is 0.546. The van der Waals surface area contributed by atoms with Crippen molar-refractivity contribution in [3.05, 3.63) is 29.6 Å². The van der Waals surface area contributed by atoms with Gasteiger partial charge in [0, 0.05) is 11.8 Å². The maximum atomic E-state index is 4.06. The molecule has 0 aromatic carbocycles. The maximum Gasteiger partial charge on any atom is 0.0872 e. The Morgan fingerprint density at radius 1 is 1.56 bits per heavy atom.